The first-order valence-corrected chi connectivity index (χ1v) is 9.51. The number of rotatable bonds is 7. The third kappa shape index (κ3) is 7.34. The van der Waals surface area contributed by atoms with Crippen molar-refractivity contribution in [3.63, 3.8) is 0 Å². The van der Waals surface area contributed by atoms with Crippen molar-refractivity contribution < 1.29 is 9.84 Å². The average molecular weight is 348 g/mol. The number of nitrogens with zero attached hydrogens (tertiary/aromatic N) is 1. The first-order chi connectivity index (χ1) is 12.1. The molecule has 0 atom stereocenters. The van der Waals surface area contributed by atoms with Gasteiger partial charge in [-0.05, 0) is 56.2 Å². The molecule has 0 unspecified atom stereocenters. The number of aliphatic hydroxyl groups excluding tert-OH is 1. The van der Waals surface area contributed by atoms with Gasteiger partial charge in [-0.25, -0.2) is 4.99 Å². The summed E-state index contributed by atoms with van der Waals surface area (Å²) in [6, 6.07) is 8.55. The minimum Gasteiger partial charge on any atom is -0.493 e. The Morgan fingerprint density at radius 1 is 1.20 bits per heavy atom. The van der Waals surface area contributed by atoms with Gasteiger partial charge in [0.15, 0.2) is 5.96 Å². The molecule has 0 bridgehead atoms. The number of hydrogen-bond donors (Lipinski definition) is 3. The Hall–Kier alpha value is -1.75. The van der Waals surface area contributed by atoms with Crippen LogP contribution in [0, 0.1) is 5.92 Å². The second-order valence-corrected chi connectivity index (χ2v) is 7.19. The number of guanidine groups is 1. The molecule has 2 rings (SSSR count). The molecule has 0 aliphatic heterocycles. The van der Waals surface area contributed by atoms with Crippen LogP contribution >= 0.6 is 0 Å². The van der Waals surface area contributed by atoms with Crippen LogP contribution in [0.1, 0.15) is 52.0 Å². The van der Waals surface area contributed by atoms with Crippen LogP contribution < -0.4 is 15.4 Å². The predicted molar refractivity (Wildman–Crippen MR) is 103 cm³/mol. The lowest BCUT2D eigenvalue weighted by atomic mass is 9.93. The number of benzene rings is 1. The van der Waals surface area contributed by atoms with Crippen LogP contribution in [-0.2, 0) is 6.54 Å². The van der Waals surface area contributed by atoms with E-state index in [-0.39, 0.29) is 6.10 Å². The maximum atomic E-state index is 9.62. The average Bonchev–Trinajstić information content (AvgIpc) is 2.61. The zero-order valence-electron chi connectivity index (χ0n) is 15.8. The molecule has 0 spiro atoms. The summed E-state index contributed by atoms with van der Waals surface area (Å²) in [7, 11) is 0. The van der Waals surface area contributed by atoms with Gasteiger partial charge in [-0.15, -0.1) is 0 Å². The van der Waals surface area contributed by atoms with E-state index < -0.39 is 0 Å². The summed E-state index contributed by atoms with van der Waals surface area (Å²) in [5, 5.41) is 16.4. The third-order valence-corrected chi connectivity index (χ3v) is 4.31. The Bertz CT molecular complexity index is 520. The molecule has 0 saturated heterocycles. The van der Waals surface area contributed by atoms with Gasteiger partial charge >= 0.3 is 0 Å². The molecule has 1 aromatic carbocycles. The molecule has 1 saturated carbocycles. The van der Waals surface area contributed by atoms with Crippen molar-refractivity contribution >= 4 is 5.96 Å². The van der Waals surface area contributed by atoms with Gasteiger partial charge < -0.3 is 20.5 Å². The second kappa shape index (κ2) is 10.3. The van der Waals surface area contributed by atoms with Gasteiger partial charge in [0, 0.05) is 12.6 Å². The Morgan fingerprint density at radius 3 is 2.48 bits per heavy atom. The molecule has 140 valence electrons. The van der Waals surface area contributed by atoms with Crippen molar-refractivity contribution in [3.8, 4) is 5.75 Å². The van der Waals surface area contributed by atoms with Gasteiger partial charge in [-0.3, -0.25) is 0 Å². The van der Waals surface area contributed by atoms with Gasteiger partial charge in [-0.2, -0.15) is 0 Å². The SMILES string of the molecule is CCNC(=NCc1ccc(OCC(C)C)cc1)NC1CCC(O)CC1. The molecule has 0 aromatic heterocycles. The van der Waals surface area contributed by atoms with E-state index in [1.807, 2.05) is 12.1 Å². The molecule has 0 radical (unpaired) electrons. The first kappa shape index (κ1) is 19.6. The zero-order valence-corrected chi connectivity index (χ0v) is 15.8. The van der Waals surface area contributed by atoms with E-state index in [0.29, 0.717) is 18.5 Å². The van der Waals surface area contributed by atoms with Crippen molar-refractivity contribution in [1.29, 1.82) is 0 Å². The van der Waals surface area contributed by atoms with Crippen molar-refractivity contribution in [2.75, 3.05) is 13.2 Å². The van der Waals surface area contributed by atoms with Crippen molar-refractivity contribution in [1.82, 2.24) is 10.6 Å². The summed E-state index contributed by atoms with van der Waals surface area (Å²) >= 11 is 0. The molecule has 25 heavy (non-hydrogen) atoms. The van der Waals surface area contributed by atoms with Gasteiger partial charge in [0.05, 0.1) is 19.3 Å². The van der Waals surface area contributed by atoms with Gasteiger partial charge in [0.25, 0.3) is 0 Å². The quantitative estimate of drug-likeness (QED) is 0.524. The predicted octanol–water partition coefficient (Wildman–Crippen LogP) is 3.08. The highest BCUT2D eigenvalue weighted by Crippen LogP contribution is 2.18. The normalized spacial score (nSPS) is 21.2. The fourth-order valence-corrected chi connectivity index (χ4v) is 2.86. The van der Waals surface area contributed by atoms with Gasteiger partial charge in [0.2, 0.25) is 0 Å². The number of aliphatic hydroxyl groups is 1. The van der Waals surface area contributed by atoms with Crippen LogP contribution in [-0.4, -0.2) is 36.4 Å². The lowest BCUT2D eigenvalue weighted by Gasteiger charge is -2.27. The Morgan fingerprint density at radius 2 is 1.88 bits per heavy atom. The number of aliphatic imine (C=N–C) groups is 1. The van der Waals surface area contributed by atoms with E-state index in [1.165, 1.54) is 0 Å². The summed E-state index contributed by atoms with van der Waals surface area (Å²) in [6.45, 7) is 8.57. The fraction of sp³-hybridized carbons (Fsp3) is 0.650. The molecule has 1 aliphatic carbocycles. The molecular weight excluding hydrogens is 314 g/mol. The minimum absolute atomic E-state index is 0.131. The summed E-state index contributed by atoms with van der Waals surface area (Å²) in [6.07, 6.45) is 3.60. The minimum atomic E-state index is -0.131. The fourth-order valence-electron chi connectivity index (χ4n) is 2.86. The highest BCUT2D eigenvalue weighted by molar-refractivity contribution is 5.80. The van der Waals surface area contributed by atoms with E-state index in [9.17, 15) is 5.11 Å². The maximum absolute atomic E-state index is 9.62. The van der Waals surface area contributed by atoms with Crippen LogP contribution in [0.3, 0.4) is 0 Å². The Labute approximate surface area is 151 Å². The number of ether oxygens (including phenoxy) is 1. The number of hydrogen-bond acceptors (Lipinski definition) is 3. The summed E-state index contributed by atoms with van der Waals surface area (Å²) in [5.74, 6) is 2.29. The molecule has 0 heterocycles. The summed E-state index contributed by atoms with van der Waals surface area (Å²) in [4.78, 5) is 4.69. The molecule has 1 aromatic rings. The van der Waals surface area contributed by atoms with E-state index in [0.717, 1.165) is 56.1 Å². The van der Waals surface area contributed by atoms with E-state index in [4.69, 9.17) is 9.73 Å². The highest BCUT2D eigenvalue weighted by atomic mass is 16.5. The van der Waals surface area contributed by atoms with Crippen molar-refractivity contribution in [3.05, 3.63) is 29.8 Å². The molecule has 1 aliphatic rings. The highest BCUT2D eigenvalue weighted by Gasteiger charge is 2.19. The molecule has 3 N–H and O–H groups in total. The second-order valence-electron chi connectivity index (χ2n) is 7.19. The maximum Gasteiger partial charge on any atom is 0.191 e. The monoisotopic (exact) mass is 347 g/mol. The summed E-state index contributed by atoms with van der Waals surface area (Å²) in [5.41, 5.74) is 1.16. The van der Waals surface area contributed by atoms with Gasteiger partial charge in [-0.1, -0.05) is 26.0 Å². The number of nitrogens with one attached hydrogen (secondary N) is 2. The zero-order chi connectivity index (χ0) is 18.1. The van der Waals surface area contributed by atoms with Crippen LogP contribution in [0.2, 0.25) is 0 Å². The smallest absolute Gasteiger partial charge is 0.191 e. The van der Waals surface area contributed by atoms with Crippen LogP contribution in [0.25, 0.3) is 0 Å². The molecule has 0 amide bonds. The Balaban J connectivity index is 1.87. The van der Waals surface area contributed by atoms with Crippen molar-refractivity contribution in [2.45, 2.75) is 65.1 Å². The lowest BCUT2D eigenvalue weighted by molar-refractivity contribution is 0.120. The van der Waals surface area contributed by atoms with E-state index in [1.54, 1.807) is 0 Å². The molecule has 1 fully saturated rings. The van der Waals surface area contributed by atoms with Crippen LogP contribution in [0.5, 0.6) is 5.75 Å². The molecular formula is C20H33N3O2. The topological polar surface area (TPSA) is 65.9 Å². The first-order valence-electron chi connectivity index (χ1n) is 9.51. The van der Waals surface area contributed by atoms with Crippen LogP contribution in [0.15, 0.2) is 29.3 Å². The lowest BCUT2D eigenvalue weighted by Crippen LogP contribution is -2.45. The largest absolute Gasteiger partial charge is 0.493 e. The standard InChI is InChI=1S/C20H33N3O2/c1-4-21-20(23-17-7-9-18(24)10-8-17)22-13-16-5-11-19(12-6-16)25-14-15(2)3/h5-6,11-12,15,17-18,24H,4,7-10,13-14H2,1-3H3,(H2,21,22,23). The van der Waals surface area contributed by atoms with E-state index in [2.05, 4.69) is 43.5 Å². The van der Waals surface area contributed by atoms with Crippen molar-refractivity contribution in [2.24, 2.45) is 10.9 Å². The molecule has 5 heteroatoms. The van der Waals surface area contributed by atoms with Crippen LogP contribution in [0.4, 0.5) is 0 Å². The van der Waals surface area contributed by atoms with Gasteiger partial charge in [0.1, 0.15) is 5.75 Å². The molecule has 5 nitrogen and oxygen atoms in total. The van der Waals surface area contributed by atoms with E-state index >= 15 is 0 Å². The Kier molecular flexibility index (Phi) is 8.06. The third-order valence-electron chi connectivity index (χ3n) is 4.31. The summed E-state index contributed by atoms with van der Waals surface area (Å²) < 4.78 is 5.71.